The zero-order chi connectivity index (χ0) is 11.9. The van der Waals surface area contributed by atoms with Crippen LogP contribution in [0.2, 0.25) is 0 Å². The highest BCUT2D eigenvalue weighted by molar-refractivity contribution is 8.45. The third kappa shape index (κ3) is 4.07. The topological polar surface area (TPSA) is 17.1 Å². The molecule has 4 heteroatoms. The zero-order valence-electron chi connectivity index (χ0n) is 8.91. The Morgan fingerprint density at radius 1 is 0.706 bits per heavy atom. The van der Waals surface area contributed by atoms with E-state index in [1.54, 1.807) is 0 Å². The average Bonchev–Trinajstić information content (AvgIpc) is 2.40. The van der Waals surface area contributed by atoms with Crippen molar-refractivity contribution in [2.75, 3.05) is 0 Å². The summed E-state index contributed by atoms with van der Waals surface area (Å²) < 4.78 is 11.9. The molecule has 0 amide bonds. The predicted molar refractivity (Wildman–Crippen MR) is 77.7 cm³/mol. The fraction of sp³-hybridized carbons (Fsp3) is 0. The Labute approximate surface area is 113 Å². The number of benzene rings is 2. The van der Waals surface area contributed by atoms with Crippen molar-refractivity contribution in [3.8, 4) is 0 Å². The molecule has 2 aromatic rings. The maximum Gasteiger partial charge on any atom is 0.143 e. The summed E-state index contributed by atoms with van der Waals surface area (Å²) in [6.45, 7) is 0. The summed E-state index contributed by atoms with van der Waals surface area (Å²) >= 11 is 3.58. The van der Waals surface area contributed by atoms with Gasteiger partial charge in [-0.3, -0.25) is 0 Å². The molecule has 0 saturated carbocycles. The maximum atomic E-state index is 11.1. The largest absolute Gasteiger partial charge is 0.211 e. The van der Waals surface area contributed by atoms with Gasteiger partial charge < -0.3 is 0 Å². The van der Waals surface area contributed by atoms with Crippen LogP contribution in [0.4, 0.5) is 0 Å². The summed E-state index contributed by atoms with van der Waals surface area (Å²) in [6, 6.07) is 19.9. The van der Waals surface area contributed by atoms with Gasteiger partial charge in [0.25, 0.3) is 0 Å². The van der Waals surface area contributed by atoms with Crippen molar-refractivity contribution in [1.82, 2.24) is 0 Å². The lowest BCUT2D eigenvalue weighted by molar-refractivity contribution is 0.701. The molecule has 1 nitrogen and oxygen atoms in total. The van der Waals surface area contributed by atoms with E-state index in [0.29, 0.717) is 11.3 Å². The van der Waals surface area contributed by atoms with Crippen LogP contribution in [-0.4, -0.2) is 7.74 Å². The molecule has 0 aromatic heterocycles. The molecule has 0 aliphatic heterocycles. The van der Waals surface area contributed by atoms with Crippen LogP contribution in [0.5, 0.6) is 0 Å². The Bertz CT molecular complexity index is 475. The lowest BCUT2D eigenvalue weighted by Crippen LogP contribution is -1.84. The molecule has 0 N–H and O–H groups in total. The third-order valence-electron chi connectivity index (χ3n) is 1.96. The first-order chi connectivity index (χ1) is 8.38. The highest BCUT2D eigenvalue weighted by Gasteiger charge is 2.04. The lowest BCUT2D eigenvalue weighted by Gasteiger charge is -2.02. The van der Waals surface area contributed by atoms with Gasteiger partial charge >= 0.3 is 0 Å². The van der Waals surface area contributed by atoms with Gasteiger partial charge in [-0.1, -0.05) is 59.9 Å². The van der Waals surface area contributed by atoms with Gasteiger partial charge in [0.05, 0.1) is 0 Å². The molecule has 0 bridgehead atoms. The van der Waals surface area contributed by atoms with Gasteiger partial charge in [0.1, 0.15) is 14.8 Å². The van der Waals surface area contributed by atoms with Gasteiger partial charge in [-0.15, -0.1) is 0 Å². The minimum atomic E-state index is 0.552. The first-order valence-electron chi connectivity index (χ1n) is 5.01. The Balaban J connectivity index is 2.07. The Morgan fingerprint density at radius 2 is 1.12 bits per heavy atom. The molecule has 17 heavy (non-hydrogen) atoms. The Kier molecular flexibility index (Phi) is 4.91. The van der Waals surface area contributed by atoms with Crippen molar-refractivity contribution < 1.29 is 4.21 Å². The normalized spacial score (nSPS) is 9.88. The van der Waals surface area contributed by atoms with E-state index in [2.05, 4.69) is 0 Å². The minimum Gasteiger partial charge on any atom is -0.211 e. The summed E-state index contributed by atoms with van der Waals surface area (Å²) in [7, 11) is 0. The number of rotatable bonds is 2. The quantitative estimate of drug-likeness (QED) is 0.613. The van der Waals surface area contributed by atoms with Crippen molar-refractivity contribution >= 4 is 38.3 Å². The van der Waals surface area contributed by atoms with E-state index in [-0.39, 0.29) is 0 Å². The summed E-state index contributed by atoms with van der Waals surface area (Å²) in [5.41, 5.74) is 0. The molecule has 2 rings (SSSR count). The van der Waals surface area contributed by atoms with E-state index < -0.39 is 0 Å². The fourth-order valence-electron chi connectivity index (χ4n) is 1.22. The molecule has 0 radical (unpaired) electrons. The maximum absolute atomic E-state index is 11.1. The monoisotopic (exact) mass is 278 g/mol. The van der Waals surface area contributed by atoms with Crippen LogP contribution in [0.25, 0.3) is 0 Å². The fourth-order valence-corrected chi connectivity index (χ4v) is 3.79. The third-order valence-corrected chi connectivity index (χ3v) is 4.85. The van der Waals surface area contributed by atoms with Crippen molar-refractivity contribution in [2.45, 2.75) is 9.79 Å². The highest BCUT2D eigenvalue weighted by atomic mass is 32.2. The average molecular weight is 278 g/mol. The van der Waals surface area contributed by atoms with Crippen molar-refractivity contribution in [3.05, 3.63) is 60.7 Å². The van der Waals surface area contributed by atoms with Crippen LogP contribution in [0, 0.1) is 0 Å². The number of hydrogen-bond donors (Lipinski definition) is 0. The van der Waals surface area contributed by atoms with E-state index in [4.69, 9.17) is 0 Å². The molecule has 0 saturated heterocycles. The molecule has 0 aliphatic carbocycles. The predicted octanol–water partition coefficient (Wildman–Crippen LogP) is 3.87. The Hall–Kier alpha value is -0.970. The van der Waals surface area contributed by atoms with Gasteiger partial charge in [-0.25, -0.2) is 4.21 Å². The van der Waals surface area contributed by atoms with E-state index >= 15 is 0 Å². The standard InChI is InChI=1S/C13H10OS3/c14-17-13(15-11-7-3-1-4-8-11)16-12-9-5-2-6-10-12/h1-10H. The van der Waals surface area contributed by atoms with Gasteiger partial charge in [0, 0.05) is 9.79 Å². The molecule has 0 heterocycles. The first-order valence-corrected chi connectivity index (χ1v) is 7.38. The summed E-state index contributed by atoms with van der Waals surface area (Å²) in [5, 5.41) is 0. The van der Waals surface area contributed by atoms with Crippen LogP contribution in [0.3, 0.4) is 0 Å². The second-order valence-corrected chi connectivity index (χ2v) is 6.68. The molecule has 0 aliphatic rings. The molecule has 2 aromatic carbocycles. The highest BCUT2D eigenvalue weighted by Crippen LogP contribution is 2.29. The van der Waals surface area contributed by atoms with Crippen LogP contribution in [0.15, 0.2) is 70.5 Å². The first kappa shape index (κ1) is 12.5. The SMILES string of the molecule is O=S=C(Sc1ccccc1)Sc1ccccc1. The van der Waals surface area contributed by atoms with Crippen LogP contribution >= 0.6 is 23.5 Å². The molecule has 0 fully saturated rings. The molecule has 0 atom stereocenters. The van der Waals surface area contributed by atoms with Crippen LogP contribution < -0.4 is 0 Å². The molecular formula is C13H10OS3. The summed E-state index contributed by atoms with van der Waals surface area (Å²) in [4.78, 5) is 2.18. The second-order valence-electron chi connectivity index (χ2n) is 3.16. The Morgan fingerprint density at radius 3 is 1.47 bits per heavy atom. The van der Waals surface area contributed by atoms with Gasteiger partial charge in [0.2, 0.25) is 0 Å². The van der Waals surface area contributed by atoms with E-state index in [1.165, 1.54) is 23.5 Å². The number of hydrogen-bond acceptors (Lipinski definition) is 3. The van der Waals surface area contributed by atoms with Crippen molar-refractivity contribution in [3.63, 3.8) is 0 Å². The van der Waals surface area contributed by atoms with Gasteiger partial charge in [-0.05, 0) is 24.3 Å². The molecule has 0 spiro atoms. The number of thioether (sulfide) groups is 2. The molecule has 0 unspecified atom stereocenters. The summed E-state index contributed by atoms with van der Waals surface area (Å²) in [6.07, 6.45) is 0. The molecular weight excluding hydrogens is 268 g/mol. The summed E-state index contributed by atoms with van der Waals surface area (Å²) in [5.74, 6) is 0. The van der Waals surface area contributed by atoms with Crippen molar-refractivity contribution in [2.24, 2.45) is 0 Å². The van der Waals surface area contributed by atoms with Crippen LogP contribution in [-0.2, 0) is 11.3 Å². The van der Waals surface area contributed by atoms with E-state index in [1.807, 2.05) is 60.7 Å². The van der Waals surface area contributed by atoms with Gasteiger partial charge in [-0.2, -0.15) is 0 Å². The minimum absolute atomic E-state index is 0.552. The van der Waals surface area contributed by atoms with Crippen LogP contribution in [0.1, 0.15) is 0 Å². The van der Waals surface area contributed by atoms with E-state index in [9.17, 15) is 4.21 Å². The van der Waals surface area contributed by atoms with E-state index in [0.717, 1.165) is 13.3 Å². The zero-order valence-corrected chi connectivity index (χ0v) is 11.4. The van der Waals surface area contributed by atoms with Crippen molar-refractivity contribution in [1.29, 1.82) is 0 Å². The lowest BCUT2D eigenvalue weighted by atomic mass is 10.4. The van der Waals surface area contributed by atoms with Gasteiger partial charge in [0.15, 0.2) is 0 Å². The smallest absolute Gasteiger partial charge is 0.143 e. The second kappa shape index (κ2) is 6.69. The molecule has 86 valence electrons.